The molecule has 4 rings (SSSR count). The molecule has 2 amide bonds. The number of carbonyl (C=O) groups excluding carboxylic acids is 2. The second-order valence-corrected chi connectivity index (χ2v) is 9.32. The first kappa shape index (κ1) is 24.3. The fraction of sp³-hybridized carbons (Fsp3) is 0.462. The third-order valence-corrected chi connectivity index (χ3v) is 6.82. The van der Waals surface area contributed by atoms with Crippen molar-refractivity contribution in [3.05, 3.63) is 71.3 Å². The van der Waals surface area contributed by atoms with Crippen LogP contribution in [0.1, 0.15) is 53.1 Å². The minimum atomic E-state index is -4.41. The smallest absolute Gasteiger partial charge is 0.393 e. The average molecular weight is 475 g/mol. The van der Waals surface area contributed by atoms with Gasteiger partial charge in [0.25, 0.3) is 0 Å². The van der Waals surface area contributed by atoms with Crippen molar-refractivity contribution >= 4 is 11.8 Å². The molecule has 34 heavy (non-hydrogen) atoms. The molecule has 0 bridgehead atoms. The number of alkyl halides is 3. The summed E-state index contributed by atoms with van der Waals surface area (Å²) in [4.78, 5) is 29.6. The van der Waals surface area contributed by atoms with Crippen molar-refractivity contribution in [1.82, 2.24) is 9.80 Å². The Bertz CT molecular complexity index is 987. The van der Waals surface area contributed by atoms with E-state index in [9.17, 15) is 27.9 Å². The second-order valence-electron chi connectivity index (χ2n) is 9.32. The van der Waals surface area contributed by atoms with E-state index in [0.29, 0.717) is 51.0 Å². The largest absolute Gasteiger partial charge is 0.416 e. The fourth-order valence-corrected chi connectivity index (χ4v) is 4.95. The third kappa shape index (κ3) is 5.78. The van der Waals surface area contributed by atoms with Crippen LogP contribution in [0.4, 0.5) is 18.0 Å². The molecule has 2 heterocycles. The summed E-state index contributed by atoms with van der Waals surface area (Å²) in [5.41, 5.74) is 0.640. The molecule has 0 aromatic heterocycles. The third-order valence-electron chi connectivity index (χ3n) is 6.82. The van der Waals surface area contributed by atoms with Crippen molar-refractivity contribution in [3.8, 4) is 0 Å². The monoisotopic (exact) mass is 474 g/mol. The van der Waals surface area contributed by atoms with Gasteiger partial charge in [-0.1, -0.05) is 42.5 Å². The van der Waals surface area contributed by atoms with Crippen LogP contribution in [0.3, 0.4) is 0 Å². The number of likely N-dealkylation sites (tertiary alicyclic amines) is 2. The van der Waals surface area contributed by atoms with E-state index in [2.05, 4.69) is 0 Å². The van der Waals surface area contributed by atoms with Gasteiger partial charge in [-0.3, -0.25) is 4.79 Å². The maximum atomic E-state index is 13.3. The molecule has 2 aliphatic rings. The van der Waals surface area contributed by atoms with E-state index < -0.39 is 17.8 Å². The average Bonchev–Trinajstić information content (AvgIpc) is 2.84. The van der Waals surface area contributed by atoms with Crippen LogP contribution in [0.25, 0.3) is 0 Å². The highest BCUT2D eigenvalue weighted by molar-refractivity contribution is 5.96. The second kappa shape index (κ2) is 10.2. The minimum Gasteiger partial charge on any atom is -0.393 e. The molecule has 0 aliphatic carbocycles. The van der Waals surface area contributed by atoms with Crippen molar-refractivity contribution in [2.75, 3.05) is 26.2 Å². The van der Waals surface area contributed by atoms with Crippen LogP contribution in [0.2, 0.25) is 0 Å². The van der Waals surface area contributed by atoms with E-state index in [4.69, 9.17) is 0 Å². The molecule has 182 valence electrons. The number of urea groups is 1. The molecule has 2 unspecified atom stereocenters. The number of rotatable bonds is 4. The lowest BCUT2D eigenvalue weighted by Crippen LogP contribution is -2.52. The van der Waals surface area contributed by atoms with Gasteiger partial charge in [0.2, 0.25) is 0 Å². The van der Waals surface area contributed by atoms with Crippen molar-refractivity contribution in [2.24, 2.45) is 5.92 Å². The van der Waals surface area contributed by atoms with Crippen molar-refractivity contribution in [1.29, 1.82) is 0 Å². The number of ketones is 1. The van der Waals surface area contributed by atoms with Gasteiger partial charge in [-0.15, -0.1) is 0 Å². The zero-order valence-corrected chi connectivity index (χ0v) is 18.9. The molecule has 5 nitrogen and oxygen atoms in total. The standard InChI is InChI=1S/C26H29F3N2O3/c27-26(28,29)22-8-6-19(7-9-22)21-14-18(15-24(33)20-4-2-1-3-5-20)16-31(17-21)25(34)30-12-10-23(32)11-13-30/h1-9,18,21,23,32H,10-17H2. The summed E-state index contributed by atoms with van der Waals surface area (Å²) < 4.78 is 39.0. The van der Waals surface area contributed by atoms with Crippen LogP contribution < -0.4 is 0 Å². The number of piperidine rings is 2. The first-order valence-corrected chi connectivity index (χ1v) is 11.7. The molecular formula is C26H29F3N2O3. The number of benzene rings is 2. The molecule has 8 heteroatoms. The summed E-state index contributed by atoms with van der Waals surface area (Å²) in [6, 6.07) is 14.0. The Morgan fingerprint density at radius 2 is 1.56 bits per heavy atom. The predicted octanol–water partition coefficient (Wildman–Crippen LogP) is 4.96. The van der Waals surface area contributed by atoms with E-state index >= 15 is 0 Å². The summed E-state index contributed by atoms with van der Waals surface area (Å²) in [5.74, 6) is -0.274. The Morgan fingerprint density at radius 3 is 2.18 bits per heavy atom. The van der Waals surface area contributed by atoms with Crippen LogP contribution in [-0.2, 0) is 6.18 Å². The molecule has 2 saturated heterocycles. The maximum Gasteiger partial charge on any atom is 0.416 e. The number of aliphatic hydroxyl groups is 1. The number of Topliss-reactive ketones (excluding diaryl/α,β-unsaturated/α-hetero) is 1. The summed E-state index contributed by atoms with van der Waals surface area (Å²) in [7, 11) is 0. The van der Waals surface area contributed by atoms with Crippen molar-refractivity contribution in [2.45, 2.75) is 43.9 Å². The summed E-state index contributed by atoms with van der Waals surface area (Å²) in [5, 5.41) is 9.77. The van der Waals surface area contributed by atoms with Crippen LogP contribution in [-0.4, -0.2) is 59.0 Å². The molecule has 0 radical (unpaired) electrons. The van der Waals surface area contributed by atoms with Crippen LogP contribution in [0, 0.1) is 5.92 Å². The molecule has 2 fully saturated rings. The first-order chi connectivity index (χ1) is 16.2. The number of halogens is 3. The SMILES string of the molecule is O=C(CC1CC(c2ccc(C(F)(F)F)cc2)CN(C(=O)N2CCC(O)CC2)C1)c1ccccc1. The number of amides is 2. The Kier molecular flexibility index (Phi) is 7.26. The molecular weight excluding hydrogens is 445 g/mol. The molecule has 2 aromatic rings. The van der Waals surface area contributed by atoms with Crippen molar-refractivity contribution in [3.63, 3.8) is 0 Å². The summed E-state index contributed by atoms with van der Waals surface area (Å²) in [6.07, 6.45) is -2.87. The number of hydrogen-bond acceptors (Lipinski definition) is 3. The first-order valence-electron chi connectivity index (χ1n) is 11.7. The number of hydrogen-bond donors (Lipinski definition) is 1. The van der Waals surface area contributed by atoms with Gasteiger partial charge in [0.15, 0.2) is 5.78 Å². The highest BCUT2D eigenvalue weighted by Gasteiger charge is 2.36. The molecule has 0 spiro atoms. The highest BCUT2D eigenvalue weighted by atomic mass is 19.4. The van der Waals surface area contributed by atoms with Crippen LogP contribution >= 0.6 is 0 Å². The lowest BCUT2D eigenvalue weighted by molar-refractivity contribution is -0.137. The van der Waals surface area contributed by atoms with Gasteiger partial charge in [0.05, 0.1) is 11.7 Å². The minimum absolute atomic E-state index is 0.00726. The zero-order valence-electron chi connectivity index (χ0n) is 18.9. The van der Waals surface area contributed by atoms with Gasteiger partial charge in [-0.2, -0.15) is 13.2 Å². The van der Waals surface area contributed by atoms with Crippen LogP contribution in [0.15, 0.2) is 54.6 Å². The zero-order chi connectivity index (χ0) is 24.3. The highest BCUT2D eigenvalue weighted by Crippen LogP contribution is 2.35. The van der Waals surface area contributed by atoms with Crippen LogP contribution in [0.5, 0.6) is 0 Å². The quantitative estimate of drug-likeness (QED) is 0.638. The lowest BCUT2D eigenvalue weighted by Gasteiger charge is -2.41. The molecule has 1 N–H and O–H groups in total. The number of carbonyl (C=O) groups is 2. The Hall–Kier alpha value is -2.87. The molecule has 2 aliphatic heterocycles. The summed E-state index contributed by atoms with van der Waals surface area (Å²) in [6.45, 7) is 1.75. The van der Waals surface area contributed by atoms with Gasteiger partial charge in [-0.05, 0) is 42.9 Å². The molecule has 2 atom stereocenters. The van der Waals surface area contributed by atoms with Gasteiger partial charge < -0.3 is 14.9 Å². The summed E-state index contributed by atoms with van der Waals surface area (Å²) >= 11 is 0. The fourth-order valence-electron chi connectivity index (χ4n) is 4.95. The van der Waals surface area contributed by atoms with Gasteiger partial charge in [-0.25, -0.2) is 4.79 Å². The van der Waals surface area contributed by atoms with E-state index in [1.165, 1.54) is 12.1 Å². The van der Waals surface area contributed by atoms with E-state index in [-0.39, 0.29) is 30.1 Å². The molecule has 2 aromatic carbocycles. The normalized spacial score (nSPS) is 22.0. The Labute approximate surface area is 197 Å². The van der Waals surface area contributed by atoms with Gasteiger partial charge >= 0.3 is 12.2 Å². The van der Waals surface area contributed by atoms with E-state index in [0.717, 1.165) is 17.7 Å². The Balaban J connectivity index is 1.53. The van der Waals surface area contributed by atoms with Gasteiger partial charge in [0, 0.05) is 44.1 Å². The lowest BCUT2D eigenvalue weighted by atomic mass is 9.81. The predicted molar refractivity (Wildman–Crippen MR) is 121 cm³/mol. The maximum absolute atomic E-state index is 13.3. The molecule has 0 saturated carbocycles. The van der Waals surface area contributed by atoms with E-state index in [1.807, 2.05) is 6.07 Å². The topological polar surface area (TPSA) is 60.9 Å². The number of nitrogens with zero attached hydrogens (tertiary/aromatic N) is 2. The van der Waals surface area contributed by atoms with Crippen molar-refractivity contribution < 1.29 is 27.9 Å². The Morgan fingerprint density at radius 1 is 0.912 bits per heavy atom. The van der Waals surface area contributed by atoms with Gasteiger partial charge in [0.1, 0.15) is 0 Å². The number of aliphatic hydroxyl groups excluding tert-OH is 1. The van der Waals surface area contributed by atoms with E-state index in [1.54, 1.807) is 34.1 Å².